The maximum Gasteiger partial charge on any atom is 0.164 e. The molecule has 0 unspecified atom stereocenters. The van der Waals surface area contributed by atoms with E-state index in [0.717, 1.165) is 68.2 Å². The summed E-state index contributed by atoms with van der Waals surface area (Å²) in [4.78, 5) is 15.4. The Morgan fingerprint density at radius 3 is 1.73 bits per heavy atom. The highest BCUT2D eigenvalue weighted by molar-refractivity contribution is 6.13. The van der Waals surface area contributed by atoms with Crippen molar-refractivity contribution in [3.8, 4) is 56.4 Å². The minimum absolute atomic E-state index is 0.622. The Labute approximate surface area is 284 Å². The fourth-order valence-corrected chi connectivity index (χ4v) is 6.79. The Balaban J connectivity index is 1.20. The summed E-state index contributed by atoms with van der Waals surface area (Å²) in [5.41, 5.74) is 11.5. The van der Waals surface area contributed by atoms with Gasteiger partial charge >= 0.3 is 0 Å². The molecular weight excluding hydrogens is 599 g/mol. The zero-order valence-electron chi connectivity index (χ0n) is 26.8. The van der Waals surface area contributed by atoms with E-state index in [4.69, 9.17) is 19.4 Å². The molecule has 232 valence electrons. The molecule has 49 heavy (non-hydrogen) atoms. The van der Waals surface area contributed by atoms with Gasteiger partial charge in [0.25, 0.3) is 0 Å². The van der Waals surface area contributed by atoms with Crippen molar-refractivity contribution < 1.29 is 4.42 Å². The van der Waals surface area contributed by atoms with E-state index in [0.29, 0.717) is 17.5 Å². The zero-order chi connectivity index (χ0) is 32.6. The number of hydrogen-bond donors (Lipinski definition) is 0. The van der Waals surface area contributed by atoms with Gasteiger partial charge in [0.2, 0.25) is 0 Å². The van der Waals surface area contributed by atoms with Gasteiger partial charge < -0.3 is 4.42 Å². The number of hydrogen-bond acceptors (Lipinski definition) is 4. The predicted octanol–water partition coefficient (Wildman–Crippen LogP) is 11.8. The highest BCUT2D eigenvalue weighted by atomic mass is 16.3. The lowest BCUT2D eigenvalue weighted by Gasteiger charge is -2.13. The summed E-state index contributed by atoms with van der Waals surface area (Å²) in [7, 11) is 0. The summed E-state index contributed by atoms with van der Waals surface area (Å²) in [6.07, 6.45) is 8.68. The SMILES string of the molecule is C1=CCCC(c2ccc(-c3nc(-c4ccc(-c5ccccc5)cc4)nc(-c4ccccc4-c4cccc5oc6ccccc6c45)n3)cc2)=C1. The quantitative estimate of drug-likeness (QED) is 0.184. The van der Waals surface area contributed by atoms with Gasteiger partial charge in [-0.3, -0.25) is 0 Å². The second-order valence-corrected chi connectivity index (χ2v) is 12.3. The average Bonchev–Trinajstić information content (AvgIpc) is 3.58. The minimum atomic E-state index is 0.622. The second kappa shape index (κ2) is 12.3. The van der Waals surface area contributed by atoms with Gasteiger partial charge in [0.15, 0.2) is 17.5 Å². The third kappa shape index (κ3) is 5.43. The minimum Gasteiger partial charge on any atom is -0.456 e. The van der Waals surface area contributed by atoms with Crippen LogP contribution in [0.15, 0.2) is 168 Å². The smallest absolute Gasteiger partial charge is 0.164 e. The van der Waals surface area contributed by atoms with E-state index >= 15 is 0 Å². The monoisotopic (exact) mass is 629 g/mol. The lowest BCUT2D eigenvalue weighted by molar-refractivity contribution is 0.669. The van der Waals surface area contributed by atoms with Crippen molar-refractivity contribution in [1.82, 2.24) is 15.0 Å². The van der Waals surface area contributed by atoms with Gasteiger partial charge in [-0.05, 0) is 58.4 Å². The molecule has 0 atom stereocenters. The van der Waals surface area contributed by atoms with E-state index in [1.165, 1.54) is 16.7 Å². The van der Waals surface area contributed by atoms with Gasteiger partial charge in [0.05, 0.1) is 0 Å². The number of para-hydroxylation sites is 1. The van der Waals surface area contributed by atoms with Gasteiger partial charge in [-0.1, -0.05) is 152 Å². The van der Waals surface area contributed by atoms with Crippen LogP contribution in [0, 0.1) is 0 Å². The third-order valence-corrected chi connectivity index (χ3v) is 9.27. The van der Waals surface area contributed by atoms with Crippen LogP contribution in [0.3, 0.4) is 0 Å². The Morgan fingerprint density at radius 2 is 1.00 bits per heavy atom. The molecule has 0 N–H and O–H groups in total. The van der Waals surface area contributed by atoms with Crippen molar-refractivity contribution in [3.63, 3.8) is 0 Å². The summed E-state index contributed by atoms with van der Waals surface area (Å²) in [5.74, 6) is 1.89. The number of fused-ring (bicyclic) bond motifs is 3. The first kappa shape index (κ1) is 28.8. The van der Waals surface area contributed by atoms with Crippen LogP contribution in [0.1, 0.15) is 18.4 Å². The normalized spacial score (nSPS) is 12.8. The number of furan rings is 1. The van der Waals surface area contributed by atoms with Crippen molar-refractivity contribution in [3.05, 3.63) is 169 Å². The van der Waals surface area contributed by atoms with E-state index in [2.05, 4.69) is 133 Å². The number of benzene rings is 6. The number of aromatic nitrogens is 3. The van der Waals surface area contributed by atoms with Crippen LogP contribution in [-0.4, -0.2) is 15.0 Å². The molecule has 0 saturated heterocycles. The van der Waals surface area contributed by atoms with Gasteiger partial charge in [-0.15, -0.1) is 0 Å². The first-order chi connectivity index (χ1) is 24.3. The summed E-state index contributed by atoms with van der Waals surface area (Å²) < 4.78 is 6.26. The lowest BCUT2D eigenvalue weighted by Crippen LogP contribution is -2.01. The second-order valence-electron chi connectivity index (χ2n) is 12.3. The fourth-order valence-electron chi connectivity index (χ4n) is 6.79. The van der Waals surface area contributed by atoms with Crippen LogP contribution in [0.25, 0.3) is 83.9 Å². The van der Waals surface area contributed by atoms with Crippen LogP contribution >= 0.6 is 0 Å². The van der Waals surface area contributed by atoms with Crippen LogP contribution in [0.4, 0.5) is 0 Å². The van der Waals surface area contributed by atoms with Crippen LogP contribution < -0.4 is 0 Å². The van der Waals surface area contributed by atoms with E-state index in [1.807, 2.05) is 30.3 Å². The molecule has 0 amide bonds. The van der Waals surface area contributed by atoms with E-state index < -0.39 is 0 Å². The van der Waals surface area contributed by atoms with Crippen LogP contribution in [-0.2, 0) is 0 Å². The van der Waals surface area contributed by atoms with E-state index in [1.54, 1.807) is 0 Å². The fraction of sp³-hybridized carbons (Fsp3) is 0.0444. The van der Waals surface area contributed by atoms with Crippen molar-refractivity contribution >= 4 is 27.5 Å². The average molecular weight is 630 g/mol. The van der Waals surface area contributed by atoms with E-state index in [9.17, 15) is 0 Å². The highest BCUT2D eigenvalue weighted by Crippen LogP contribution is 2.40. The largest absolute Gasteiger partial charge is 0.456 e. The lowest BCUT2D eigenvalue weighted by atomic mass is 9.95. The molecule has 9 rings (SSSR count). The maximum absolute atomic E-state index is 6.26. The topological polar surface area (TPSA) is 51.8 Å². The van der Waals surface area contributed by atoms with Crippen LogP contribution in [0.5, 0.6) is 0 Å². The molecule has 0 saturated carbocycles. The molecule has 0 fully saturated rings. The summed E-state index contributed by atoms with van der Waals surface area (Å²) in [6.45, 7) is 0. The Kier molecular flexibility index (Phi) is 7.25. The molecule has 6 aromatic carbocycles. The molecule has 4 nitrogen and oxygen atoms in total. The molecule has 0 bridgehead atoms. The molecule has 4 heteroatoms. The summed E-state index contributed by atoms with van der Waals surface area (Å²) in [6, 6.07) is 50.3. The first-order valence-corrected chi connectivity index (χ1v) is 16.7. The summed E-state index contributed by atoms with van der Waals surface area (Å²) in [5, 5.41) is 2.17. The molecule has 0 aliphatic heterocycles. The molecule has 0 radical (unpaired) electrons. The Morgan fingerprint density at radius 1 is 0.429 bits per heavy atom. The third-order valence-electron chi connectivity index (χ3n) is 9.27. The molecule has 0 spiro atoms. The predicted molar refractivity (Wildman–Crippen MR) is 201 cm³/mol. The molecule has 8 aromatic rings. The van der Waals surface area contributed by atoms with Gasteiger partial charge in [-0.25, -0.2) is 15.0 Å². The first-order valence-electron chi connectivity index (χ1n) is 16.7. The van der Waals surface area contributed by atoms with Crippen molar-refractivity contribution in [1.29, 1.82) is 0 Å². The van der Waals surface area contributed by atoms with E-state index in [-0.39, 0.29) is 0 Å². The Hall–Kier alpha value is -6.39. The van der Waals surface area contributed by atoms with Crippen LogP contribution in [0.2, 0.25) is 0 Å². The van der Waals surface area contributed by atoms with Gasteiger partial charge in [0.1, 0.15) is 11.2 Å². The zero-order valence-corrected chi connectivity index (χ0v) is 26.8. The molecule has 1 aliphatic carbocycles. The molecule has 1 aliphatic rings. The molecule has 2 aromatic heterocycles. The number of rotatable bonds is 6. The van der Waals surface area contributed by atoms with Crippen molar-refractivity contribution in [2.45, 2.75) is 12.8 Å². The number of allylic oxidation sites excluding steroid dienone is 4. The van der Waals surface area contributed by atoms with Gasteiger partial charge in [0, 0.05) is 27.5 Å². The Bertz CT molecular complexity index is 2530. The number of nitrogens with zero attached hydrogens (tertiary/aromatic N) is 3. The molecular formula is C45H31N3O. The van der Waals surface area contributed by atoms with Crippen molar-refractivity contribution in [2.75, 3.05) is 0 Å². The standard InChI is InChI=1S/C45H31N3O/c1-3-12-30(13-4-1)32-22-26-34(27-23-32)43-46-44(35-28-24-33(25-29-35)31-14-5-2-6-15-31)48-45(47-43)38-17-8-7-16-36(38)37-19-11-21-41-42(37)39-18-9-10-20-40(39)49-41/h1-5,7-14,16-29H,6,15H2. The maximum atomic E-state index is 6.26. The molecule has 2 heterocycles. The highest BCUT2D eigenvalue weighted by Gasteiger charge is 2.19. The van der Waals surface area contributed by atoms with Gasteiger partial charge in [-0.2, -0.15) is 0 Å². The van der Waals surface area contributed by atoms with Crippen molar-refractivity contribution in [2.24, 2.45) is 0 Å². The summed E-state index contributed by atoms with van der Waals surface area (Å²) >= 11 is 0.